The van der Waals surface area contributed by atoms with Gasteiger partial charge in [0.25, 0.3) is 0 Å². The molecule has 61 heavy (non-hydrogen) atoms. The largest absolute Gasteiger partial charge is 0.342 e. The molecule has 0 unspecified atom stereocenters. The Balaban J connectivity index is 0.990. The third-order valence-corrected chi connectivity index (χ3v) is 13.3. The second-order valence-electron chi connectivity index (χ2n) is 17.0. The molecular formula is C58H43N3. The lowest BCUT2D eigenvalue weighted by Gasteiger charge is -2.28. The van der Waals surface area contributed by atoms with Crippen LogP contribution in [0.15, 0.2) is 206 Å². The summed E-state index contributed by atoms with van der Waals surface area (Å²) in [6.07, 6.45) is 0. The van der Waals surface area contributed by atoms with Crippen molar-refractivity contribution in [3.05, 3.63) is 217 Å². The van der Waals surface area contributed by atoms with E-state index in [0.29, 0.717) is 0 Å². The Bertz CT molecular complexity index is 3480. The molecule has 2 aromatic heterocycles. The van der Waals surface area contributed by atoms with Crippen molar-refractivity contribution in [3.63, 3.8) is 0 Å². The lowest BCUT2D eigenvalue weighted by Crippen LogP contribution is -2.16. The quantitative estimate of drug-likeness (QED) is 0.164. The van der Waals surface area contributed by atoms with Crippen LogP contribution in [0.2, 0.25) is 0 Å². The van der Waals surface area contributed by atoms with E-state index >= 15 is 0 Å². The third-order valence-electron chi connectivity index (χ3n) is 13.3. The van der Waals surface area contributed by atoms with Gasteiger partial charge in [0, 0.05) is 62.3 Å². The first-order chi connectivity index (χ1) is 29.9. The molecule has 0 N–H and O–H groups in total. The molecule has 0 fully saturated rings. The van der Waals surface area contributed by atoms with Gasteiger partial charge < -0.3 is 14.0 Å². The van der Waals surface area contributed by atoms with Crippen LogP contribution < -0.4 is 4.90 Å². The molecule has 11 aromatic rings. The Morgan fingerprint density at radius 1 is 0.377 bits per heavy atom. The number of hydrogen-bond donors (Lipinski definition) is 0. The fourth-order valence-corrected chi connectivity index (χ4v) is 10.3. The average molecular weight is 782 g/mol. The van der Waals surface area contributed by atoms with E-state index in [1.807, 2.05) is 0 Å². The minimum Gasteiger partial charge on any atom is -0.342 e. The van der Waals surface area contributed by atoms with Gasteiger partial charge >= 0.3 is 0 Å². The topological polar surface area (TPSA) is 13.1 Å². The summed E-state index contributed by atoms with van der Waals surface area (Å²) in [7, 11) is 2.20. The van der Waals surface area contributed by atoms with E-state index in [-0.39, 0.29) is 5.41 Å². The molecule has 0 saturated carbocycles. The van der Waals surface area contributed by atoms with Gasteiger partial charge in [0.1, 0.15) is 0 Å². The predicted octanol–water partition coefficient (Wildman–Crippen LogP) is 15.5. The average Bonchev–Trinajstić information content (AvgIpc) is 3.89. The zero-order valence-electron chi connectivity index (χ0n) is 34.5. The van der Waals surface area contributed by atoms with Crippen LogP contribution in [-0.4, -0.2) is 9.13 Å². The molecular weight excluding hydrogens is 739 g/mol. The number of aromatic nitrogens is 2. The maximum absolute atomic E-state index is 2.45. The van der Waals surface area contributed by atoms with E-state index < -0.39 is 0 Å². The van der Waals surface area contributed by atoms with Crippen molar-refractivity contribution in [1.29, 1.82) is 0 Å². The van der Waals surface area contributed by atoms with Gasteiger partial charge in [0.2, 0.25) is 0 Å². The fraction of sp³-hybridized carbons (Fsp3) is 0.0690. The molecule has 290 valence electrons. The second-order valence-corrected chi connectivity index (χ2v) is 17.0. The molecule has 3 heteroatoms. The van der Waals surface area contributed by atoms with Crippen LogP contribution in [-0.2, 0) is 12.5 Å². The molecule has 0 spiro atoms. The van der Waals surface area contributed by atoms with E-state index in [1.165, 1.54) is 88.1 Å². The van der Waals surface area contributed by atoms with Crippen LogP contribution in [0.1, 0.15) is 25.0 Å². The summed E-state index contributed by atoms with van der Waals surface area (Å²) in [5, 5.41) is 5.05. The molecule has 1 aliphatic carbocycles. The summed E-state index contributed by atoms with van der Waals surface area (Å²) in [6, 6.07) is 75.8. The van der Waals surface area contributed by atoms with E-state index in [1.54, 1.807) is 0 Å². The third kappa shape index (κ3) is 5.37. The molecule has 9 aromatic carbocycles. The number of nitrogens with zero attached hydrogens (tertiary/aromatic N) is 3. The Labute approximate surface area is 356 Å². The Kier molecular flexibility index (Phi) is 7.79. The smallest absolute Gasteiger partial charge is 0.0785 e. The van der Waals surface area contributed by atoms with Gasteiger partial charge in [-0.25, -0.2) is 0 Å². The van der Waals surface area contributed by atoms with Gasteiger partial charge in [-0.15, -0.1) is 0 Å². The molecule has 1 aliphatic rings. The van der Waals surface area contributed by atoms with Crippen molar-refractivity contribution in [3.8, 4) is 39.1 Å². The maximum atomic E-state index is 2.45. The number of fused-ring (bicyclic) bond motifs is 10. The fourth-order valence-electron chi connectivity index (χ4n) is 10.3. The lowest BCUT2D eigenvalue weighted by molar-refractivity contribution is 0.660. The Morgan fingerprint density at radius 3 is 1.67 bits per heavy atom. The molecule has 0 amide bonds. The van der Waals surface area contributed by atoms with Crippen molar-refractivity contribution >= 4 is 60.7 Å². The highest BCUT2D eigenvalue weighted by molar-refractivity contribution is 6.23. The predicted molar refractivity (Wildman–Crippen MR) is 258 cm³/mol. The van der Waals surface area contributed by atoms with Gasteiger partial charge in [0.15, 0.2) is 0 Å². The number of anilines is 3. The molecule has 0 radical (unpaired) electrons. The lowest BCUT2D eigenvalue weighted by atomic mass is 9.82. The maximum Gasteiger partial charge on any atom is 0.0785 e. The van der Waals surface area contributed by atoms with Crippen molar-refractivity contribution in [2.75, 3.05) is 4.90 Å². The normalized spacial score (nSPS) is 13.0. The molecule has 0 atom stereocenters. The first-order valence-electron chi connectivity index (χ1n) is 21.2. The Hall–Kier alpha value is -7.62. The number of rotatable bonds is 6. The van der Waals surface area contributed by atoms with Crippen molar-refractivity contribution in [1.82, 2.24) is 9.13 Å². The van der Waals surface area contributed by atoms with Crippen molar-refractivity contribution in [2.24, 2.45) is 7.05 Å². The van der Waals surface area contributed by atoms with Crippen molar-refractivity contribution < 1.29 is 0 Å². The van der Waals surface area contributed by atoms with E-state index in [4.69, 9.17) is 0 Å². The SMILES string of the molecule is Cn1c2ccccc2c2ccc3c4cc(-c5ccc(N(c6ccc(-c7ccccc7)cc6)c6ccc7c(c6)C(C)(C)c6ccccc6-7)cc5)ccc4n(-c4ccccc4)c3c21. The standard InChI is InChI=1S/C58H43N3/c1-58(2)52-20-12-10-18-46(52)47-32-31-45(37-53(47)58)60(43-27-22-39(23-28-43)38-14-6-4-7-15-38)44-29-24-40(25-30-44)41-26-35-55-51(36-41)50-34-33-49-48-19-11-13-21-54(48)59(3)56(49)57(50)61(55)42-16-8-5-9-17-42/h4-37H,1-3H3. The van der Waals surface area contributed by atoms with Gasteiger partial charge in [-0.05, 0) is 111 Å². The monoisotopic (exact) mass is 781 g/mol. The zero-order chi connectivity index (χ0) is 40.8. The number of hydrogen-bond acceptors (Lipinski definition) is 1. The Morgan fingerprint density at radius 2 is 0.934 bits per heavy atom. The van der Waals surface area contributed by atoms with Gasteiger partial charge in [-0.2, -0.15) is 0 Å². The summed E-state index contributed by atoms with van der Waals surface area (Å²) >= 11 is 0. The number of aryl methyl sites for hydroxylation is 1. The van der Waals surface area contributed by atoms with Gasteiger partial charge in [0.05, 0.1) is 16.6 Å². The highest BCUT2D eigenvalue weighted by atomic mass is 15.1. The van der Waals surface area contributed by atoms with Gasteiger partial charge in [-0.1, -0.05) is 153 Å². The first kappa shape index (κ1) is 35.3. The van der Waals surface area contributed by atoms with E-state index in [0.717, 1.165) is 22.7 Å². The molecule has 0 aliphatic heterocycles. The van der Waals surface area contributed by atoms with Crippen LogP contribution in [0.25, 0.3) is 82.7 Å². The highest BCUT2D eigenvalue weighted by Gasteiger charge is 2.35. The summed E-state index contributed by atoms with van der Waals surface area (Å²) < 4.78 is 4.82. The molecule has 0 bridgehead atoms. The van der Waals surface area contributed by atoms with Crippen LogP contribution in [0, 0.1) is 0 Å². The first-order valence-corrected chi connectivity index (χ1v) is 21.2. The summed E-state index contributed by atoms with van der Waals surface area (Å²) in [5.41, 5.74) is 19.6. The molecule has 2 heterocycles. The van der Waals surface area contributed by atoms with Gasteiger partial charge in [-0.3, -0.25) is 0 Å². The minimum absolute atomic E-state index is 0.101. The van der Waals surface area contributed by atoms with E-state index in [2.05, 4.69) is 241 Å². The van der Waals surface area contributed by atoms with Crippen LogP contribution >= 0.6 is 0 Å². The highest BCUT2D eigenvalue weighted by Crippen LogP contribution is 2.51. The number of para-hydroxylation sites is 2. The van der Waals surface area contributed by atoms with Crippen molar-refractivity contribution in [2.45, 2.75) is 19.3 Å². The van der Waals surface area contributed by atoms with Crippen LogP contribution in [0.5, 0.6) is 0 Å². The second kappa shape index (κ2) is 13.5. The van der Waals surface area contributed by atoms with E-state index in [9.17, 15) is 0 Å². The number of benzene rings is 9. The molecule has 0 saturated heterocycles. The summed E-state index contributed by atoms with van der Waals surface area (Å²) in [4.78, 5) is 2.41. The summed E-state index contributed by atoms with van der Waals surface area (Å²) in [6.45, 7) is 4.71. The molecule has 3 nitrogen and oxygen atoms in total. The molecule has 12 rings (SSSR count). The minimum atomic E-state index is -0.101. The van der Waals surface area contributed by atoms with Crippen LogP contribution in [0.3, 0.4) is 0 Å². The van der Waals surface area contributed by atoms with Crippen LogP contribution in [0.4, 0.5) is 17.1 Å². The summed E-state index contributed by atoms with van der Waals surface area (Å²) in [5.74, 6) is 0. The zero-order valence-corrected chi connectivity index (χ0v) is 34.5.